The summed E-state index contributed by atoms with van der Waals surface area (Å²) in [4.78, 5) is -0.112. The molecule has 96 valence electrons. The minimum Gasteiger partial charge on any atom is -0.494 e. The van der Waals surface area contributed by atoms with Crippen molar-refractivity contribution in [1.82, 2.24) is 14.2 Å². The standard InChI is InChI=1S/C9H7Cl2N3O3S/c1-17-9-7(3-2-6(10)8(9)11)18(15,16)14-4-12-13-5-14/h2-5H,1H3. The normalized spacial score (nSPS) is 11.5. The zero-order chi connectivity index (χ0) is 13.3. The molecular weight excluding hydrogens is 301 g/mol. The molecule has 0 radical (unpaired) electrons. The Morgan fingerprint density at radius 3 is 2.39 bits per heavy atom. The number of halogens is 2. The van der Waals surface area contributed by atoms with Crippen molar-refractivity contribution in [3.05, 3.63) is 34.8 Å². The summed E-state index contributed by atoms with van der Waals surface area (Å²) in [6, 6.07) is 2.69. The van der Waals surface area contributed by atoms with E-state index < -0.39 is 10.0 Å². The maximum Gasteiger partial charge on any atom is 0.274 e. The molecule has 0 atom stereocenters. The average Bonchev–Trinajstić information content (AvgIpc) is 2.86. The Morgan fingerprint density at radius 1 is 1.22 bits per heavy atom. The van der Waals surface area contributed by atoms with Gasteiger partial charge in [0.1, 0.15) is 22.6 Å². The van der Waals surface area contributed by atoms with E-state index in [2.05, 4.69) is 10.2 Å². The van der Waals surface area contributed by atoms with Crippen LogP contribution < -0.4 is 4.74 Å². The number of methoxy groups -OCH3 is 1. The van der Waals surface area contributed by atoms with Crippen molar-refractivity contribution in [2.24, 2.45) is 0 Å². The van der Waals surface area contributed by atoms with Gasteiger partial charge in [0.05, 0.1) is 12.1 Å². The van der Waals surface area contributed by atoms with Crippen LogP contribution in [0, 0.1) is 0 Å². The first-order chi connectivity index (χ1) is 8.48. The molecule has 2 aromatic rings. The van der Waals surface area contributed by atoms with Crippen molar-refractivity contribution < 1.29 is 13.2 Å². The van der Waals surface area contributed by atoms with Gasteiger partial charge >= 0.3 is 0 Å². The third kappa shape index (κ3) is 2.05. The fraction of sp³-hybridized carbons (Fsp3) is 0.111. The Balaban J connectivity index is 2.70. The SMILES string of the molecule is COc1c(S(=O)(=O)n2cnnc2)ccc(Cl)c1Cl. The lowest BCUT2D eigenvalue weighted by molar-refractivity contribution is 0.402. The molecule has 0 amide bonds. The summed E-state index contributed by atoms with van der Waals surface area (Å²) in [6.45, 7) is 0. The van der Waals surface area contributed by atoms with Crippen LogP contribution in [0.5, 0.6) is 5.75 Å². The predicted octanol–water partition coefficient (Wildman–Crippen LogP) is 1.83. The molecular formula is C9H7Cl2N3O3S. The van der Waals surface area contributed by atoms with Crippen molar-refractivity contribution in [1.29, 1.82) is 0 Å². The number of aromatic nitrogens is 3. The second kappa shape index (κ2) is 4.75. The fourth-order valence-corrected chi connectivity index (χ4v) is 3.00. The number of nitrogens with zero attached hydrogens (tertiary/aromatic N) is 3. The van der Waals surface area contributed by atoms with Gasteiger partial charge in [-0.15, -0.1) is 10.2 Å². The third-order valence-electron chi connectivity index (χ3n) is 2.17. The third-order valence-corrected chi connectivity index (χ3v) is 4.58. The topological polar surface area (TPSA) is 74.1 Å². The van der Waals surface area contributed by atoms with Crippen LogP contribution in [0.2, 0.25) is 10.0 Å². The lowest BCUT2D eigenvalue weighted by Gasteiger charge is -2.11. The van der Waals surface area contributed by atoms with Crippen molar-refractivity contribution >= 4 is 33.2 Å². The van der Waals surface area contributed by atoms with Crippen LogP contribution in [0.3, 0.4) is 0 Å². The van der Waals surface area contributed by atoms with Gasteiger partial charge < -0.3 is 4.74 Å². The largest absolute Gasteiger partial charge is 0.494 e. The van der Waals surface area contributed by atoms with E-state index in [0.29, 0.717) is 0 Å². The second-order valence-corrected chi connectivity index (χ2v) is 5.79. The number of hydrogen-bond donors (Lipinski definition) is 0. The first kappa shape index (κ1) is 13.1. The molecule has 0 unspecified atom stereocenters. The Morgan fingerprint density at radius 2 is 1.83 bits per heavy atom. The zero-order valence-electron chi connectivity index (χ0n) is 9.04. The summed E-state index contributed by atoms with van der Waals surface area (Å²) in [5.74, 6) is -0.0159. The molecule has 0 bridgehead atoms. The molecule has 0 spiro atoms. The highest BCUT2D eigenvalue weighted by Crippen LogP contribution is 2.37. The molecule has 0 aliphatic rings. The van der Waals surface area contributed by atoms with E-state index in [1.807, 2.05) is 0 Å². The zero-order valence-corrected chi connectivity index (χ0v) is 11.4. The molecule has 9 heteroatoms. The summed E-state index contributed by atoms with van der Waals surface area (Å²) in [5, 5.41) is 7.13. The van der Waals surface area contributed by atoms with Gasteiger partial charge in [-0.1, -0.05) is 23.2 Å². The quantitative estimate of drug-likeness (QED) is 0.865. The van der Waals surface area contributed by atoms with Gasteiger partial charge in [0.25, 0.3) is 10.0 Å². The monoisotopic (exact) mass is 307 g/mol. The molecule has 0 saturated heterocycles. The van der Waals surface area contributed by atoms with Crippen LogP contribution in [-0.4, -0.2) is 29.7 Å². The highest BCUT2D eigenvalue weighted by Gasteiger charge is 2.24. The number of benzene rings is 1. The van der Waals surface area contributed by atoms with Crippen LogP contribution in [0.4, 0.5) is 0 Å². The Kier molecular flexibility index (Phi) is 3.47. The minimum absolute atomic E-state index is 0.0159. The van der Waals surface area contributed by atoms with Gasteiger partial charge in [-0.2, -0.15) is 0 Å². The maximum atomic E-state index is 12.2. The van der Waals surface area contributed by atoms with E-state index in [9.17, 15) is 8.42 Å². The Bertz CT molecular complexity index is 671. The summed E-state index contributed by atoms with van der Waals surface area (Å²) < 4.78 is 30.3. The molecule has 0 aliphatic heterocycles. The molecule has 18 heavy (non-hydrogen) atoms. The van der Waals surface area contributed by atoms with Crippen molar-refractivity contribution in [3.8, 4) is 5.75 Å². The molecule has 0 aliphatic carbocycles. The summed E-state index contributed by atoms with van der Waals surface area (Å²) in [6.07, 6.45) is 2.13. The molecule has 0 saturated carbocycles. The van der Waals surface area contributed by atoms with Crippen molar-refractivity contribution in [3.63, 3.8) is 0 Å². The first-order valence-corrected chi connectivity index (χ1v) is 6.80. The van der Waals surface area contributed by atoms with E-state index >= 15 is 0 Å². The van der Waals surface area contributed by atoms with Crippen LogP contribution in [0.25, 0.3) is 0 Å². The lowest BCUT2D eigenvalue weighted by Crippen LogP contribution is -2.12. The Hall–Kier alpha value is -1.31. The van der Waals surface area contributed by atoms with E-state index in [1.165, 1.54) is 19.2 Å². The van der Waals surface area contributed by atoms with Crippen molar-refractivity contribution in [2.75, 3.05) is 7.11 Å². The van der Waals surface area contributed by atoms with Crippen LogP contribution in [-0.2, 0) is 10.0 Å². The first-order valence-electron chi connectivity index (χ1n) is 4.60. The molecule has 0 fully saturated rings. The number of ether oxygens (including phenoxy) is 1. The average molecular weight is 308 g/mol. The van der Waals surface area contributed by atoms with Gasteiger partial charge in [0.15, 0.2) is 5.75 Å². The van der Waals surface area contributed by atoms with Crippen LogP contribution in [0.15, 0.2) is 29.7 Å². The number of hydrogen-bond acceptors (Lipinski definition) is 5. The maximum absolute atomic E-state index is 12.2. The molecule has 0 N–H and O–H groups in total. The summed E-state index contributed by atoms with van der Waals surface area (Å²) in [5.41, 5.74) is 0. The van der Waals surface area contributed by atoms with E-state index in [4.69, 9.17) is 27.9 Å². The van der Waals surface area contributed by atoms with Crippen LogP contribution in [0.1, 0.15) is 0 Å². The van der Waals surface area contributed by atoms with E-state index in [-0.39, 0.29) is 20.7 Å². The minimum atomic E-state index is -3.85. The number of rotatable bonds is 3. The fourth-order valence-electron chi connectivity index (χ4n) is 1.34. The van der Waals surface area contributed by atoms with Gasteiger partial charge in [-0.05, 0) is 12.1 Å². The van der Waals surface area contributed by atoms with Gasteiger partial charge in [0.2, 0.25) is 0 Å². The smallest absolute Gasteiger partial charge is 0.274 e. The van der Waals surface area contributed by atoms with Crippen LogP contribution >= 0.6 is 23.2 Å². The predicted molar refractivity (Wildman–Crippen MR) is 65.6 cm³/mol. The van der Waals surface area contributed by atoms with E-state index in [1.54, 1.807) is 0 Å². The Labute approximate surface area is 113 Å². The highest BCUT2D eigenvalue weighted by molar-refractivity contribution is 7.90. The lowest BCUT2D eigenvalue weighted by atomic mass is 10.3. The van der Waals surface area contributed by atoms with Gasteiger partial charge in [0, 0.05) is 0 Å². The highest BCUT2D eigenvalue weighted by atomic mass is 35.5. The molecule has 1 aromatic carbocycles. The molecule has 2 rings (SSSR count). The van der Waals surface area contributed by atoms with E-state index in [0.717, 1.165) is 16.6 Å². The molecule has 1 aromatic heterocycles. The van der Waals surface area contributed by atoms with Gasteiger partial charge in [-0.25, -0.2) is 12.4 Å². The molecule has 6 nitrogen and oxygen atoms in total. The molecule has 1 heterocycles. The van der Waals surface area contributed by atoms with Gasteiger partial charge in [-0.3, -0.25) is 0 Å². The summed E-state index contributed by atoms with van der Waals surface area (Å²) >= 11 is 11.7. The second-order valence-electron chi connectivity index (χ2n) is 3.19. The summed E-state index contributed by atoms with van der Waals surface area (Å²) in [7, 11) is -2.55. The van der Waals surface area contributed by atoms with Crippen molar-refractivity contribution in [2.45, 2.75) is 4.90 Å².